The van der Waals surface area contributed by atoms with E-state index in [0.717, 1.165) is 28.3 Å². The third-order valence-electron chi connectivity index (χ3n) is 3.04. The Labute approximate surface area is 117 Å². The van der Waals surface area contributed by atoms with E-state index in [1.807, 2.05) is 32.0 Å². The monoisotopic (exact) mass is 280 g/mol. The van der Waals surface area contributed by atoms with E-state index in [1.54, 1.807) is 7.11 Å². The van der Waals surface area contributed by atoms with Crippen molar-refractivity contribution >= 4 is 11.6 Å². The lowest BCUT2D eigenvalue weighted by atomic mass is 10.1. The van der Waals surface area contributed by atoms with Crippen LogP contribution in [0.2, 0.25) is 5.02 Å². The van der Waals surface area contributed by atoms with Crippen LogP contribution < -0.4 is 10.1 Å². The zero-order valence-electron chi connectivity index (χ0n) is 11.3. The van der Waals surface area contributed by atoms with Gasteiger partial charge in [-0.3, -0.25) is 0 Å². The Morgan fingerprint density at radius 1 is 1.32 bits per heavy atom. The molecule has 0 aliphatic rings. The molecular weight excluding hydrogens is 264 g/mol. The minimum absolute atomic E-state index is 0.674. The lowest BCUT2D eigenvalue weighted by Gasteiger charge is -2.10. The Morgan fingerprint density at radius 2 is 2.11 bits per heavy atom. The molecule has 1 aromatic carbocycles. The van der Waals surface area contributed by atoms with Crippen LogP contribution in [-0.4, -0.2) is 12.3 Å². The molecule has 1 aromatic heterocycles. The summed E-state index contributed by atoms with van der Waals surface area (Å²) < 4.78 is 10.4. The maximum absolute atomic E-state index is 5.99. The van der Waals surface area contributed by atoms with Crippen LogP contribution in [0.15, 0.2) is 22.7 Å². The van der Waals surface area contributed by atoms with Gasteiger partial charge in [0.2, 0.25) is 0 Å². The van der Waals surface area contributed by atoms with Gasteiger partial charge in [-0.1, -0.05) is 16.8 Å². The van der Waals surface area contributed by atoms with E-state index in [1.165, 1.54) is 0 Å². The number of rotatable bonds is 5. The van der Waals surface area contributed by atoms with Crippen molar-refractivity contribution in [2.75, 3.05) is 7.11 Å². The van der Waals surface area contributed by atoms with Gasteiger partial charge >= 0.3 is 0 Å². The van der Waals surface area contributed by atoms with Crippen molar-refractivity contribution in [1.82, 2.24) is 10.5 Å². The minimum atomic E-state index is 0.674. The fourth-order valence-electron chi connectivity index (χ4n) is 1.96. The molecule has 0 saturated heterocycles. The van der Waals surface area contributed by atoms with Crippen molar-refractivity contribution in [1.29, 1.82) is 0 Å². The van der Waals surface area contributed by atoms with E-state index in [-0.39, 0.29) is 0 Å². The Hall–Kier alpha value is -1.52. The highest BCUT2D eigenvalue weighted by Gasteiger charge is 2.09. The van der Waals surface area contributed by atoms with E-state index in [0.29, 0.717) is 18.1 Å². The normalized spacial score (nSPS) is 10.7. The second-order valence-corrected chi connectivity index (χ2v) is 4.80. The summed E-state index contributed by atoms with van der Waals surface area (Å²) in [4.78, 5) is 0. The summed E-state index contributed by atoms with van der Waals surface area (Å²) in [5, 5.41) is 7.98. The minimum Gasteiger partial charge on any atom is -0.496 e. The van der Waals surface area contributed by atoms with Crippen molar-refractivity contribution in [2.45, 2.75) is 26.9 Å². The Kier molecular flexibility index (Phi) is 4.45. The number of hydrogen-bond acceptors (Lipinski definition) is 4. The number of benzene rings is 1. The quantitative estimate of drug-likeness (QED) is 0.913. The molecule has 0 aliphatic carbocycles. The van der Waals surface area contributed by atoms with Crippen molar-refractivity contribution in [3.05, 3.63) is 45.8 Å². The Balaban J connectivity index is 2.01. The van der Waals surface area contributed by atoms with Gasteiger partial charge in [0.25, 0.3) is 0 Å². The van der Waals surface area contributed by atoms with Crippen molar-refractivity contribution in [3.8, 4) is 5.75 Å². The second kappa shape index (κ2) is 6.08. The first-order valence-corrected chi connectivity index (χ1v) is 6.44. The number of hydrogen-bond donors (Lipinski definition) is 1. The number of halogens is 1. The van der Waals surface area contributed by atoms with Crippen molar-refractivity contribution < 1.29 is 9.26 Å². The van der Waals surface area contributed by atoms with Crippen LogP contribution >= 0.6 is 11.6 Å². The first kappa shape index (κ1) is 13.9. The van der Waals surface area contributed by atoms with Crippen LogP contribution in [0.5, 0.6) is 5.75 Å². The van der Waals surface area contributed by atoms with Crippen molar-refractivity contribution in [3.63, 3.8) is 0 Å². The second-order valence-electron chi connectivity index (χ2n) is 4.36. The largest absolute Gasteiger partial charge is 0.496 e. The van der Waals surface area contributed by atoms with E-state index < -0.39 is 0 Å². The molecule has 5 heteroatoms. The van der Waals surface area contributed by atoms with Gasteiger partial charge in [0.15, 0.2) is 0 Å². The van der Waals surface area contributed by atoms with Gasteiger partial charge in [-0.05, 0) is 32.0 Å². The number of methoxy groups -OCH3 is 1. The Morgan fingerprint density at radius 3 is 2.74 bits per heavy atom. The first-order chi connectivity index (χ1) is 9.11. The molecule has 0 atom stereocenters. The van der Waals surface area contributed by atoms with E-state index in [4.69, 9.17) is 20.9 Å². The molecule has 1 heterocycles. The molecule has 0 spiro atoms. The highest BCUT2D eigenvalue weighted by atomic mass is 35.5. The summed E-state index contributed by atoms with van der Waals surface area (Å²) in [6.45, 7) is 5.23. The van der Waals surface area contributed by atoms with Gasteiger partial charge in [-0.15, -0.1) is 0 Å². The molecule has 0 unspecified atom stereocenters. The van der Waals surface area contributed by atoms with Crippen LogP contribution in [0.1, 0.15) is 22.6 Å². The predicted molar refractivity (Wildman–Crippen MR) is 74.5 cm³/mol. The summed E-state index contributed by atoms with van der Waals surface area (Å²) in [5.41, 5.74) is 3.05. The van der Waals surface area contributed by atoms with Crippen LogP contribution in [0, 0.1) is 13.8 Å². The van der Waals surface area contributed by atoms with E-state index >= 15 is 0 Å². The zero-order chi connectivity index (χ0) is 13.8. The molecule has 0 bridgehead atoms. The zero-order valence-corrected chi connectivity index (χ0v) is 12.0. The average Bonchev–Trinajstić information content (AvgIpc) is 2.70. The molecule has 0 saturated carbocycles. The molecule has 2 rings (SSSR count). The van der Waals surface area contributed by atoms with Gasteiger partial charge in [0.05, 0.1) is 12.8 Å². The molecule has 19 heavy (non-hydrogen) atoms. The topological polar surface area (TPSA) is 47.3 Å². The third-order valence-corrected chi connectivity index (χ3v) is 3.28. The molecule has 2 aromatic rings. The molecule has 4 nitrogen and oxygen atoms in total. The van der Waals surface area contributed by atoms with Gasteiger partial charge < -0.3 is 14.6 Å². The molecule has 102 valence electrons. The fourth-order valence-corrected chi connectivity index (χ4v) is 2.16. The molecular formula is C14H17ClN2O2. The molecule has 0 aliphatic heterocycles. The van der Waals surface area contributed by atoms with Gasteiger partial charge in [0, 0.05) is 29.2 Å². The van der Waals surface area contributed by atoms with Gasteiger partial charge in [-0.25, -0.2) is 0 Å². The van der Waals surface area contributed by atoms with Crippen LogP contribution in [0.25, 0.3) is 0 Å². The van der Waals surface area contributed by atoms with Crippen LogP contribution in [0.4, 0.5) is 0 Å². The highest BCUT2D eigenvalue weighted by Crippen LogP contribution is 2.22. The van der Waals surface area contributed by atoms with Gasteiger partial charge in [-0.2, -0.15) is 0 Å². The number of nitrogens with zero attached hydrogens (tertiary/aromatic N) is 1. The summed E-state index contributed by atoms with van der Waals surface area (Å²) in [7, 11) is 1.65. The first-order valence-electron chi connectivity index (χ1n) is 6.06. The van der Waals surface area contributed by atoms with Crippen molar-refractivity contribution in [2.24, 2.45) is 0 Å². The highest BCUT2D eigenvalue weighted by molar-refractivity contribution is 6.30. The SMILES string of the molecule is COc1ccc(Cl)cc1CNCc1c(C)noc1C. The standard InChI is InChI=1S/C14H17ClN2O2/c1-9-13(10(2)19-17-9)8-16-7-11-6-12(15)4-5-14(11)18-3/h4-6,16H,7-8H2,1-3H3. The lowest BCUT2D eigenvalue weighted by Crippen LogP contribution is -2.14. The van der Waals surface area contributed by atoms with Crippen LogP contribution in [0.3, 0.4) is 0 Å². The molecule has 0 amide bonds. The predicted octanol–water partition coefficient (Wildman–Crippen LogP) is 3.24. The maximum Gasteiger partial charge on any atom is 0.138 e. The summed E-state index contributed by atoms with van der Waals surface area (Å²) in [6.07, 6.45) is 0. The molecule has 0 fully saturated rings. The number of nitrogens with one attached hydrogen (secondary N) is 1. The number of ether oxygens (including phenoxy) is 1. The maximum atomic E-state index is 5.99. The average molecular weight is 281 g/mol. The molecule has 0 radical (unpaired) electrons. The van der Waals surface area contributed by atoms with E-state index in [9.17, 15) is 0 Å². The van der Waals surface area contributed by atoms with Crippen LogP contribution in [-0.2, 0) is 13.1 Å². The Bertz CT molecular complexity index is 547. The summed E-state index contributed by atoms with van der Waals surface area (Å²) >= 11 is 5.99. The van der Waals surface area contributed by atoms with E-state index in [2.05, 4.69) is 10.5 Å². The smallest absolute Gasteiger partial charge is 0.138 e. The number of aryl methyl sites for hydroxylation is 2. The summed E-state index contributed by atoms with van der Waals surface area (Å²) in [5.74, 6) is 1.68. The number of aromatic nitrogens is 1. The summed E-state index contributed by atoms with van der Waals surface area (Å²) in [6, 6.07) is 5.59. The molecule has 1 N–H and O–H groups in total. The fraction of sp³-hybridized carbons (Fsp3) is 0.357. The third kappa shape index (κ3) is 3.28. The lowest BCUT2D eigenvalue weighted by molar-refractivity contribution is 0.391. The van der Waals surface area contributed by atoms with Gasteiger partial charge in [0.1, 0.15) is 11.5 Å².